The molecule has 0 aromatic rings. The molecule has 304 valence electrons. The van der Waals surface area contributed by atoms with Crippen LogP contribution in [0.3, 0.4) is 0 Å². The van der Waals surface area contributed by atoms with Gasteiger partial charge in [-0.3, -0.25) is 19.2 Å². The average molecular weight is 774 g/mol. The number of rotatable bonds is 17. The Morgan fingerprint density at radius 2 is 1.56 bits per heavy atom. The highest BCUT2D eigenvalue weighted by Crippen LogP contribution is 2.41. The van der Waals surface area contributed by atoms with Crippen molar-refractivity contribution in [3.8, 4) is 0 Å². The normalized spacial score (nSPS) is 23.6. The Kier molecular flexibility index (Phi) is 14.6. The predicted octanol–water partition coefficient (Wildman–Crippen LogP) is 5.27. The number of Topliss-reactive ketones (excluding diaryl/α,β-unsaturated/α-hetero) is 1. The van der Waals surface area contributed by atoms with Crippen LogP contribution in [0, 0.1) is 17.3 Å². The zero-order valence-electron chi connectivity index (χ0n) is 33.7. The second-order valence-electron chi connectivity index (χ2n) is 17.8. The van der Waals surface area contributed by atoms with E-state index in [4.69, 9.17) is 0 Å². The van der Waals surface area contributed by atoms with Crippen molar-refractivity contribution >= 4 is 39.4 Å². The number of allylic oxidation sites excluding steroid dienone is 1. The van der Waals surface area contributed by atoms with Crippen molar-refractivity contribution in [1.82, 2.24) is 26.2 Å². The van der Waals surface area contributed by atoms with Gasteiger partial charge in [-0.15, -0.1) is 6.58 Å². The average Bonchev–Trinajstić information content (AvgIpc) is 3.84. The molecule has 3 aliphatic carbocycles. The molecule has 4 rings (SSSR count). The maximum atomic E-state index is 15.0. The molecule has 54 heavy (non-hydrogen) atoms. The van der Waals surface area contributed by atoms with Crippen LogP contribution < -0.4 is 21.3 Å². The zero-order valence-corrected chi connectivity index (χ0v) is 34.5. The van der Waals surface area contributed by atoms with Crippen LogP contribution in [0.15, 0.2) is 24.3 Å². The van der Waals surface area contributed by atoms with Gasteiger partial charge in [-0.25, -0.2) is 13.2 Å². The molecule has 4 aliphatic rings. The number of sulfone groups is 1. The molecule has 12 nitrogen and oxygen atoms in total. The lowest BCUT2D eigenvalue weighted by atomic mass is 9.70. The van der Waals surface area contributed by atoms with Crippen LogP contribution in [0.1, 0.15) is 138 Å². The summed E-state index contributed by atoms with van der Waals surface area (Å²) in [6.45, 7) is 15.2. The number of hydrogen-bond donors (Lipinski definition) is 4. The van der Waals surface area contributed by atoms with Gasteiger partial charge in [0, 0.05) is 13.1 Å². The fourth-order valence-corrected chi connectivity index (χ4v) is 10.5. The van der Waals surface area contributed by atoms with E-state index in [0.29, 0.717) is 44.9 Å². The van der Waals surface area contributed by atoms with Crippen molar-refractivity contribution in [3.63, 3.8) is 0 Å². The number of hydrogen-bond acceptors (Lipinski definition) is 7. The number of amides is 5. The minimum atomic E-state index is -3.59. The second kappa shape index (κ2) is 18.2. The minimum Gasteiger partial charge on any atom is -0.346 e. The van der Waals surface area contributed by atoms with E-state index in [1.54, 1.807) is 18.7 Å². The summed E-state index contributed by atoms with van der Waals surface area (Å²) in [5.41, 5.74) is -0.520. The second-order valence-corrected chi connectivity index (χ2v) is 20.4. The lowest BCUT2D eigenvalue weighted by Gasteiger charge is -2.44. The summed E-state index contributed by atoms with van der Waals surface area (Å²) >= 11 is 0. The Morgan fingerprint density at radius 3 is 2.11 bits per heavy atom. The van der Waals surface area contributed by atoms with Crippen LogP contribution in [-0.2, 0) is 29.0 Å². The zero-order chi connectivity index (χ0) is 39.9. The Balaban J connectivity index is 1.63. The molecular weight excluding hydrogens is 707 g/mol. The number of carbonyl (C=O) groups is 5. The summed E-state index contributed by atoms with van der Waals surface area (Å²) in [6.07, 6.45) is 14.3. The fourth-order valence-electron chi connectivity index (χ4n) is 8.62. The van der Waals surface area contributed by atoms with E-state index in [1.165, 1.54) is 6.08 Å². The fraction of sp³-hybridized carbons (Fsp3) is 0.780. The molecular formula is C41H67N5O7S. The van der Waals surface area contributed by atoms with Crippen molar-refractivity contribution in [2.45, 2.75) is 166 Å². The third-order valence-electron chi connectivity index (χ3n) is 12.6. The van der Waals surface area contributed by atoms with Crippen LogP contribution in [0.4, 0.5) is 4.79 Å². The van der Waals surface area contributed by atoms with Gasteiger partial charge >= 0.3 is 6.03 Å². The van der Waals surface area contributed by atoms with E-state index >= 15 is 0 Å². The first-order valence-corrected chi connectivity index (χ1v) is 22.0. The predicted molar refractivity (Wildman–Crippen MR) is 211 cm³/mol. The molecule has 2 unspecified atom stereocenters. The SMILES string of the molecule is C=CCNC(=O)C(=O)C(CC1CC1)NC(=O)[C@@H]1CC(C=C(C)C)CN1C(=O)[C@@H](NC(=O)NC1(CS(=O)(=O)C(C)(C)CC)CCCCC1)C1(C)CCCCC1. The van der Waals surface area contributed by atoms with Crippen molar-refractivity contribution in [3.05, 3.63) is 24.3 Å². The highest BCUT2D eigenvalue weighted by molar-refractivity contribution is 7.92. The monoisotopic (exact) mass is 773 g/mol. The van der Waals surface area contributed by atoms with Gasteiger partial charge in [0.15, 0.2) is 9.84 Å². The number of carbonyl (C=O) groups excluding carboxylic acids is 5. The molecule has 1 heterocycles. The van der Waals surface area contributed by atoms with Crippen LogP contribution in [0.2, 0.25) is 0 Å². The quantitative estimate of drug-likeness (QED) is 0.115. The number of ketones is 1. The number of likely N-dealkylation sites (tertiary alicyclic amines) is 1. The molecule has 4 atom stereocenters. The summed E-state index contributed by atoms with van der Waals surface area (Å²) in [4.78, 5) is 70.9. The number of nitrogens with one attached hydrogen (secondary N) is 4. The molecule has 4 N–H and O–H groups in total. The van der Waals surface area contributed by atoms with Crippen molar-refractivity contribution in [2.75, 3.05) is 18.8 Å². The maximum absolute atomic E-state index is 15.0. The molecule has 3 saturated carbocycles. The molecule has 5 amide bonds. The molecule has 0 spiro atoms. The molecule has 0 aromatic carbocycles. The van der Waals surface area contributed by atoms with Crippen molar-refractivity contribution < 1.29 is 32.4 Å². The lowest BCUT2D eigenvalue weighted by Crippen LogP contribution is -2.64. The van der Waals surface area contributed by atoms with Crippen molar-refractivity contribution in [1.29, 1.82) is 0 Å². The van der Waals surface area contributed by atoms with Crippen LogP contribution in [-0.4, -0.2) is 90.1 Å². The molecule has 1 aliphatic heterocycles. The summed E-state index contributed by atoms with van der Waals surface area (Å²) in [5, 5.41) is 11.6. The highest BCUT2D eigenvalue weighted by Gasteiger charge is 2.49. The minimum absolute atomic E-state index is 0.123. The van der Waals surface area contributed by atoms with Crippen LogP contribution in [0.5, 0.6) is 0 Å². The van der Waals surface area contributed by atoms with E-state index in [0.717, 1.165) is 56.9 Å². The Morgan fingerprint density at radius 1 is 0.944 bits per heavy atom. The Labute approximate surface area is 323 Å². The van der Waals surface area contributed by atoms with E-state index < -0.39 is 67.3 Å². The third-order valence-corrected chi connectivity index (χ3v) is 15.5. The Bertz CT molecular complexity index is 1540. The van der Waals surface area contributed by atoms with Gasteiger partial charge < -0.3 is 26.2 Å². The van der Waals surface area contributed by atoms with Crippen LogP contribution in [0.25, 0.3) is 0 Å². The van der Waals surface area contributed by atoms with Gasteiger partial charge in [0.25, 0.3) is 5.91 Å². The Hall–Kier alpha value is -3.22. The number of nitrogens with zero attached hydrogens (tertiary/aromatic N) is 1. The van der Waals surface area contributed by atoms with Gasteiger partial charge in [-0.2, -0.15) is 0 Å². The van der Waals surface area contributed by atoms with E-state index in [-0.39, 0.29) is 36.6 Å². The largest absolute Gasteiger partial charge is 0.346 e. The van der Waals surface area contributed by atoms with E-state index in [2.05, 4.69) is 27.8 Å². The molecule has 0 radical (unpaired) electrons. The molecule has 13 heteroatoms. The maximum Gasteiger partial charge on any atom is 0.315 e. The third kappa shape index (κ3) is 11.0. The summed E-state index contributed by atoms with van der Waals surface area (Å²) in [5.74, 6) is -2.44. The first kappa shape index (κ1) is 43.5. The smallest absolute Gasteiger partial charge is 0.315 e. The summed E-state index contributed by atoms with van der Waals surface area (Å²) < 4.78 is 26.4. The van der Waals surface area contributed by atoms with Gasteiger partial charge in [0.2, 0.25) is 17.6 Å². The highest BCUT2D eigenvalue weighted by atomic mass is 32.2. The molecule has 1 saturated heterocycles. The molecule has 0 aromatic heterocycles. The topological polar surface area (TPSA) is 171 Å². The number of urea groups is 1. The van der Waals surface area contributed by atoms with E-state index in [9.17, 15) is 32.4 Å². The van der Waals surface area contributed by atoms with Gasteiger partial charge in [0.05, 0.1) is 22.1 Å². The first-order valence-electron chi connectivity index (χ1n) is 20.4. The standard InChI is InChI=1S/C41H67N5O7S/c1-8-22-42-36(49)33(47)31(24-29-16-17-29)43-35(48)32-25-30(23-28(3)4)26-46(32)37(50)34(40(7)18-12-10-13-19-40)44-38(51)45-41(20-14-11-15-21-41)27-54(52,53)39(5,6)9-2/h8,23,29-32,34H,1,9-22,24-27H2,2-7H3,(H,42,49)(H,43,48)(H2,44,45,51)/t30?,31?,32-,34+/m0/s1. The van der Waals surface area contributed by atoms with E-state index in [1.807, 2.05) is 33.8 Å². The summed E-state index contributed by atoms with van der Waals surface area (Å²) in [6, 6.07) is -3.50. The van der Waals surface area contributed by atoms with Gasteiger partial charge in [-0.05, 0) is 89.9 Å². The molecule has 0 bridgehead atoms. The van der Waals surface area contributed by atoms with Gasteiger partial charge in [0.1, 0.15) is 12.1 Å². The lowest BCUT2D eigenvalue weighted by molar-refractivity contribution is -0.144. The molecule has 4 fully saturated rings. The van der Waals surface area contributed by atoms with Gasteiger partial charge in [-0.1, -0.05) is 82.9 Å². The van der Waals surface area contributed by atoms with Crippen LogP contribution >= 0.6 is 0 Å². The first-order chi connectivity index (χ1) is 25.4. The van der Waals surface area contributed by atoms with Crippen molar-refractivity contribution in [2.24, 2.45) is 17.3 Å². The summed E-state index contributed by atoms with van der Waals surface area (Å²) in [7, 11) is -3.59.